The number of likely N-dealkylation sites (tertiary alicyclic amines) is 1. The normalized spacial score (nSPS) is 17.7. The average Bonchev–Trinajstić information content (AvgIpc) is 2.99. The van der Waals surface area contributed by atoms with E-state index in [4.69, 9.17) is 23.2 Å². The summed E-state index contributed by atoms with van der Waals surface area (Å²) in [5.74, 6) is -0.204. The highest BCUT2D eigenvalue weighted by Gasteiger charge is 2.31. The third-order valence-corrected chi connectivity index (χ3v) is 4.48. The molecule has 1 aromatic heterocycles. The lowest BCUT2D eigenvalue weighted by atomic mass is 10.0. The van der Waals surface area contributed by atoms with Crippen molar-refractivity contribution in [1.82, 2.24) is 15.1 Å². The molecule has 0 spiro atoms. The Morgan fingerprint density at radius 2 is 2.05 bits per heavy atom. The molecule has 7 heteroatoms. The van der Waals surface area contributed by atoms with Gasteiger partial charge >= 0.3 is 0 Å². The number of hydrogen-bond donors (Lipinski definition) is 1. The molecule has 0 radical (unpaired) electrons. The number of nitrogens with zero attached hydrogens (tertiary/aromatic N) is 2. The minimum absolute atomic E-state index is 0.0593. The molecular formula is C15H13Cl2N3O2. The number of amides is 1. The van der Waals surface area contributed by atoms with E-state index in [0.717, 1.165) is 18.4 Å². The number of nitrogens with one attached hydrogen (secondary N) is 1. The fourth-order valence-corrected chi connectivity index (χ4v) is 2.99. The topological polar surface area (TPSA) is 66.1 Å². The molecule has 1 aliphatic heterocycles. The lowest BCUT2D eigenvalue weighted by Crippen LogP contribution is -2.31. The smallest absolute Gasteiger partial charge is 0.274 e. The van der Waals surface area contributed by atoms with Gasteiger partial charge in [-0.25, -0.2) is 5.10 Å². The zero-order valence-corrected chi connectivity index (χ0v) is 13.1. The van der Waals surface area contributed by atoms with Crippen LogP contribution in [-0.4, -0.2) is 27.5 Å². The Balaban J connectivity index is 1.89. The molecule has 1 aliphatic rings. The predicted molar refractivity (Wildman–Crippen MR) is 84.3 cm³/mol. The number of carbonyl (C=O) groups excluding carboxylic acids is 1. The predicted octanol–water partition coefficient (Wildman–Crippen LogP) is 3.05. The monoisotopic (exact) mass is 337 g/mol. The summed E-state index contributed by atoms with van der Waals surface area (Å²) < 4.78 is 0. The van der Waals surface area contributed by atoms with E-state index in [2.05, 4.69) is 10.2 Å². The summed E-state index contributed by atoms with van der Waals surface area (Å²) in [4.78, 5) is 25.4. The fourth-order valence-electron chi connectivity index (χ4n) is 2.69. The Morgan fingerprint density at radius 1 is 1.23 bits per heavy atom. The Morgan fingerprint density at radius 3 is 2.73 bits per heavy atom. The van der Waals surface area contributed by atoms with Gasteiger partial charge in [-0.2, -0.15) is 5.10 Å². The second kappa shape index (κ2) is 6.10. The highest BCUT2D eigenvalue weighted by molar-refractivity contribution is 6.42. The third kappa shape index (κ3) is 2.87. The van der Waals surface area contributed by atoms with Gasteiger partial charge in [0.15, 0.2) is 0 Å². The molecular weight excluding hydrogens is 325 g/mol. The van der Waals surface area contributed by atoms with Crippen LogP contribution in [0.25, 0.3) is 0 Å². The second-order valence-corrected chi connectivity index (χ2v) is 5.95. The number of hydrogen-bond acceptors (Lipinski definition) is 3. The van der Waals surface area contributed by atoms with Crippen LogP contribution >= 0.6 is 23.2 Å². The standard InChI is InChI=1S/C15H13Cl2N3O2/c16-10-4-3-9(8-11(10)17)13-2-1-7-20(13)15(22)12-5-6-14(21)19-18-12/h3-6,8,13H,1-2,7H2,(H,19,21)/t13-/m1/s1. The van der Waals surface area contributed by atoms with Gasteiger partial charge in [0.1, 0.15) is 5.69 Å². The summed E-state index contributed by atoms with van der Waals surface area (Å²) in [5.41, 5.74) is 0.843. The van der Waals surface area contributed by atoms with E-state index < -0.39 is 0 Å². The summed E-state index contributed by atoms with van der Waals surface area (Å²) in [5, 5.41) is 7.05. The first-order chi connectivity index (χ1) is 10.6. The molecule has 1 atom stereocenters. The quantitative estimate of drug-likeness (QED) is 0.915. The molecule has 114 valence electrons. The maximum Gasteiger partial charge on any atom is 0.274 e. The number of halogens is 2. The molecule has 5 nitrogen and oxygen atoms in total. The molecule has 2 heterocycles. The molecule has 1 saturated heterocycles. The maximum absolute atomic E-state index is 12.6. The van der Waals surface area contributed by atoms with Gasteiger partial charge in [-0.05, 0) is 36.6 Å². The van der Waals surface area contributed by atoms with Crippen LogP contribution in [-0.2, 0) is 0 Å². The lowest BCUT2D eigenvalue weighted by Gasteiger charge is -2.25. The van der Waals surface area contributed by atoms with Gasteiger partial charge in [-0.15, -0.1) is 0 Å². The minimum atomic E-state index is -0.334. The van der Waals surface area contributed by atoms with Crippen LogP contribution in [0.2, 0.25) is 10.0 Å². The average molecular weight is 338 g/mol. The molecule has 0 saturated carbocycles. The lowest BCUT2D eigenvalue weighted by molar-refractivity contribution is 0.0728. The molecule has 22 heavy (non-hydrogen) atoms. The van der Waals surface area contributed by atoms with Crippen molar-refractivity contribution in [2.45, 2.75) is 18.9 Å². The van der Waals surface area contributed by atoms with E-state index in [1.165, 1.54) is 12.1 Å². The first-order valence-corrected chi connectivity index (χ1v) is 7.63. The van der Waals surface area contributed by atoms with Gasteiger partial charge in [-0.1, -0.05) is 29.3 Å². The van der Waals surface area contributed by atoms with Gasteiger partial charge in [0, 0.05) is 12.6 Å². The van der Waals surface area contributed by atoms with Crippen LogP contribution in [0, 0.1) is 0 Å². The van der Waals surface area contributed by atoms with Crippen LogP contribution in [0.1, 0.15) is 34.9 Å². The van der Waals surface area contributed by atoms with Crippen LogP contribution in [0.15, 0.2) is 35.1 Å². The summed E-state index contributed by atoms with van der Waals surface area (Å²) in [6, 6.07) is 8.08. The van der Waals surface area contributed by atoms with E-state index in [9.17, 15) is 9.59 Å². The van der Waals surface area contributed by atoms with Crippen molar-refractivity contribution in [1.29, 1.82) is 0 Å². The van der Waals surface area contributed by atoms with E-state index >= 15 is 0 Å². The van der Waals surface area contributed by atoms with Crippen molar-refractivity contribution in [3.63, 3.8) is 0 Å². The Labute approximate surface area is 136 Å². The minimum Gasteiger partial charge on any atom is -0.330 e. The zero-order valence-electron chi connectivity index (χ0n) is 11.6. The molecule has 1 fully saturated rings. The van der Waals surface area contributed by atoms with Crippen molar-refractivity contribution >= 4 is 29.1 Å². The van der Waals surface area contributed by atoms with E-state index in [1.54, 1.807) is 17.0 Å². The second-order valence-electron chi connectivity index (χ2n) is 5.14. The Hall–Kier alpha value is -1.85. The highest BCUT2D eigenvalue weighted by Crippen LogP contribution is 2.35. The Bertz CT molecular complexity index is 755. The van der Waals surface area contributed by atoms with Gasteiger partial charge in [0.25, 0.3) is 11.5 Å². The Kier molecular flexibility index (Phi) is 4.18. The molecule has 1 amide bonds. The third-order valence-electron chi connectivity index (χ3n) is 3.74. The van der Waals surface area contributed by atoms with E-state index in [0.29, 0.717) is 16.6 Å². The molecule has 2 aromatic rings. The van der Waals surface area contributed by atoms with Crippen LogP contribution in [0.5, 0.6) is 0 Å². The number of benzene rings is 1. The van der Waals surface area contributed by atoms with E-state index in [-0.39, 0.29) is 23.2 Å². The van der Waals surface area contributed by atoms with Crippen molar-refractivity contribution in [3.05, 3.63) is 62.0 Å². The number of rotatable bonds is 2. The summed E-state index contributed by atoms with van der Waals surface area (Å²) in [6.45, 7) is 0.643. The molecule has 0 aliphatic carbocycles. The van der Waals surface area contributed by atoms with Crippen molar-refractivity contribution in [2.24, 2.45) is 0 Å². The molecule has 0 unspecified atom stereocenters. The summed E-state index contributed by atoms with van der Waals surface area (Å²) >= 11 is 12.0. The van der Waals surface area contributed by atoms with Crippen LogP contribution in [0.4, 0.5) is 0 Å². The fraction of sp³-hybridized carbons (Fsp3) is 0.267. The zero-order chi connectivity index (χ0) is 15.7. The number of carbonyl (C=O) groups is 1. The number of aromatic amines is 1. The van der Waals surface area contributed by atoms with Gasteiger partial charge in [-0.3, -0.25) is 9.59 Å². The van der Waals surface area contributed by atoms with Crippen LogP contribution in [0.3, 0.4) is 0 Å². The van der Waals surface area contributed by atoms with Gasteiger partial charge in [0.2, 0.25) is 0 Å². The summed E-state index contributed by atoms with van der Waals surface area (Å²) in [7, 11) is 0. The molecule has 0 bridgehead atoms. The van der Waals surface area contributed by atoms with Crippen molar-refractivity contribution < 1.29 is 4.79 Å². The van der Waals surface area contributed by atoms with Crippen molar-refractivity contribution in [3.8, 4) is 0 Å². The summed E-state index contributed by atoms with van der Waals surface area (Å²) in [6.07, 6.45) is 1.76. The number of aromatic nitrogens is 2. The molecule has 1 aromatic carbocycles. The maximum atomic E-state index is 12.6. The van der Waals surface area contributed by atoms with E-state index in [1.807, 2.05) is 6.07 Å². The van der Waals surface area contributed by atoms with Gasteiger partial charge < -0.3 is 4.90 Å². The first kappa shape index (κ1) is 15.1. The number of H-pyrrole nitrogens is 1. The van der Waals surface area contributed by atoms with Crippen LogP contribution < -0.4 is 5.56 Å². The largest absolute Gasteiger partial charge is 0.330 e. The molecule has 3 rings (SSSR count). The first-order valence-electron chi connectivity index (χ1n) is 6.88. The van der Waals surface area contributed by atoms with Crippen molar-refractivity contribution in [2.75, 3.05) is 6.54 Å². The SMILES string of the molecule is O=C(c1ccc(=O)[nH]n1)N1CCC[C@@H]1c1ccc(Cl)c(Cl)c1. The highest BCUT2D eigenvalue weighted by atomic mass is 35.5. The molecule has 1 N–H and O–H groups in total. The van der Waals surface area contributed by atoms with Gasteiger partial charge in [0.05, 0.1) is 16.1 Å².